The van der Waals surface area contributed by atoms with Crippen LogP contribution in [-0.2, 0) is 6.54 Å². The number of aromatic nitrogens is 4. The molecule has 3 aromatic rings. The summed E-state index contributed by atoms with van der Waals surface area (Å²) < 4.78 is 2.00. The summed E-state index contributed by atoms with van der Waals surface area (Å²) in [6, 6.07) is 10.1. The van der Waals surface area contributed by atoms with Gasteiger partial charge in [0.1, 0.15) is 0 Å². The standard InChI is InChI=1S/C20H24N8/c1-2-28-12-23-17-18(24-16-5-3-4-13(10-16)11-21)26-20(27-19(17)28)25-15-8-6-14(22)7-9-15/h3-5,10,12,14-15H,2,6-9,22H2,1H3,(H2,24,25,26,27)/t14-,15+. The number of anilines is 3. The first-order valence-electron chi connectivity index (χ1n) is 9.68. The smallest absolute Gasteiger partial charge is 0.227 e. The Kier molecular flexibility index (Phi) is 5.08. The fourth-order valence-corrected chi connectivity index (χ4v) is 3.58. The number of imidazole rings is 1. The van der Waals surface area contributed by atoms with E-state index in [2.05, 4.69) is 33.6 Å². The van der Waals surface area contributed by atoms with E-state index < -0.39 is 0 Å². The van der Waals surface area contributed by atoms with Crippen molar-refractivity contribution < 1.29 is 0 Å². The molecular formula is C20H24N8. The van der Waals surface area contributed by atoms with E-state index in [4.69, 9.17) is 16.0 Å². The van der Waals surface area contributed by atoms with Gasteiger partial charge in [-0.15, -0.1) is 0 Å². The highest BCUT2D eigenvalue weighted by Gasteiger charge is 2.20. The Morgan fingerprint density at radius 1 is 1.25 bits per heavy atom. The van der Waals surface area contributed by atoms with Crippen molar-refractivity contribution in [3.8, 4) is 6.07 Å². The Morgan fingerprint density at radius 2 is 2.07 bits per heavy atom. The molecule has 0 radical (unpaired) electrons. The highest BCUT2D eigenvalue weighted by Crippen LogP contribution is 2.26. The third-order valence-electron chi connectivity index (χ3n) is 5.16. The number of aryl methyl sites for hydroxylation is 1. The predicted octanol–water partition coefficient (Wildman–Crippen LogP) is 3.14. The Morgan fingerprint density at radius 3 is 2.82 bits per heavy atom. The molecule has 144 valence electrons. The van der Waals surface area contributed by atoms with E-state index in [1.807, 2.05) is 16.7 Å². The molecule has 1 aromatic carbocycles. The van der Waals surface area contributed by atoms with Crippen molar-refractivity contribution in [1.29, 1.82) is 5.26 Å². The van der Waals surface area contributed by atoms with Crippen molar-refractivity contribution in [2.75, 3.05) is 10.6 Å². The summed E-state index contributed by atoms with van der Waals surface area (Å²) in [7, 11) is 0. The van der Waals surface area contributed by atoms with Crippen LogP contribution in [0.3, 0.4) is 0 Å². The van der Waals surface area contributed by atoms with E-state index in [1.54, 1.807) is 18.5 Å². The average molecular weight is 376 g/mol. The number of nitrogens with zero attached hydrogens (tertiary/aromatic N) is 5. The van der Waals surface area contributed by atoms with E-state index in [-0.39, 0.29) is 0 Å². The number of nitriles is 1. The van der Waals surface area contributed by atoms with Crippen LogP contribution >= 0.6 is 0 Å². The highest BCUT2D eigenvalue weighted by atomic mass is 15.2. The molecule has 8 heteroatoms. The summed E-state index contributed by atoms with van der Waals surface area (Å²) in [5, 5.41) is 15.9. The molecule has 0 amide bonds. The lowest BCUT2D eigenvalue weighted by Gasteiger charge is -2.26. The molecule has 0 spiro atoms. The Hall–Kier alpha value is -3.18. The minimum atomic E-state index is 0.299. The van der Waals surface area contributed by atoms with E-state index in [9.17, 15) is 0 Å². The van der Waals surface area contributed by atoms with Gasteiger partial charge in [-0.1, -0.05) is 6.07 Å². The maximum Gasteiger partial charge on any atom is 0.227 e. The quantitative estimate of drug-likeness (QED) is 0.626. The van der Waals surface area contributed by atoms with Gasteiger partial charge in [-0.05, 0) is 50.8 Å². The fraction of sp³-hybridized carbons (Fsp3) is 0.400. The van der Waals surface area contributed by atoms with E-state index in [0.717, 1.165) is 43.6 Å². The van der Waals surface area contributed by atoms with Gasteiger partial charge in [0.25, 0.3) is 0 Å². The highest BCUT2D eigenvalue weighted by molar-refractivity contribution is 5.86. The number of nitrogens with two attached hydrogens (primary N) is 1. The second kappa shape index (κ2) is 7.82. The van der Waals surface area contributed by atoms with Crippen LogP contribution in [0.25, 0.3) is 11.2 Å². The lowest BCUT2D eigenvalue weighted by atomic mass is 9.92. The van der Waals surface area contributed by atoms with Crippen LogP contribution in [0.5, 0.6) is 0 Å². The fourth-order valence-electron chi connectivity index (χ4n) is 3.58. The minimum absolute atomic E-state index is 0.299. The summed E-state index contributed by atoms with van der Waals surface area (Å²) in [5.74, 6) is 1.21. The Balaban J connectivity index is 1.67. The van der Waals surface area contributed by atoms with Crippen LogP contribution in [0.4, 0.5) is 17.5 Å². The van der Waals surface area contributed by atoms with E-state index in [1.165, 1.54) is 0 Å². The first-order valence-corrected chi connectivity index (χ1v) is 9.68. The van der Waals surface area contributed by atoms with Crippen LogP contribution in [0, 0.1) is 11.3 Å². The first kappa shape index (κ1) is 18.2. The molecule has 4 N–H and O–H groups in total. The molecule has 0 saturated heterocycles. The van der Waals surface area contributed by atoms with Gasteiger partial charge in [0.2, 0.25) is 5.95 Å². The van der Waals surface area contributed by atoms with E-state index in [0.29, 0.717) is 34.9 Å². The van der Waals surface area contributed by atoms with Crippen LogP contribution in [0.2, 0.25) is 0 Å². The summed E-state index contributed by atoms with van der Waals surface area (Å²) >= 11 is 0. The number of benzene rings is 1. The van der Waals surface area contributed by atoms with Crippen molar-refractivity contribution in [3.63, 3.8) is 0 Å². The summed E-state index contributed by atoms with van der Waals surface area (Å²) in [6.45, 7) is 2.83. The topological polar surface area (TPSA) is 117 Å². The molecule has 0 atom stereocenters. The molecule has 0 unspecified atom stereocenters. The monoisotopic (exact) mass is 376 g/mol. The summed E-state index contributed by atoms with van der Waals surface area (Å²) in [6.07, 6.45) is 5.84. The van der Waals surface area contributed by atoms with Crippen molar-refractivity contribution in [3.05, 3.63) is 36.2 Å². The zero-order chi connectivity index (χ0) is 19.5. The van der Waals surface area contributed by atoms with E-state index >= 15 is 0 Å². The largest absolute Gasteiger partial charge is 0.351 e. The first-order chi connectivity index (χ1) is 13.7. The number of hydrogen-bond donors (Lipinski definition) is 3. The van der Waals surface area contributed by atoms with Crippen LogP contribution < -0.4 is 16.4 Å². The van der Waals surface area contributed by atoms with Gasteiger partial charge in [-0.2, -0.15) is 15.2 Å². The molecule has 2 heterocycles. The van der Waals surface area contributed by atoms with Crippen molar-refractivity contribution in [1.82, 2.24) is 19.5 Å². The zero-order valence-electron chi connectivity index (χ0n) is 15.9. The predicted molar refractivity (Wildman–Crippen MR) is 109 cm³/mol. The molecular weight excluding hydrogens is 352 g/mol. The number of rotatable bonds is 5. The Bertz CT molecular complexity index is 1010. The zero-order valence-corrected chi connectivity index (χ0v) is 15.9. The second-order valence-corrected chi connectivity index (χ2v) is 7.17. The molecule has 0 bridgehead atoms. The number of hydrogen-bond acceptors (Lipinski definition) is 7. The van der Waals surface area contributed by atoms with Crippen LogP contribution in [-0.4, -0.2) is 31.6 Å². The number of fused-ring (bicyclic) bond motifs is 1. The molecule has 1 fully saturated rings. The van der Waals surface area contributed by atoms with Crippen molar-refractivity contribution in [2.45, 2.75) is 51.2 Å². The normalized spacial score (nSPS) is 19.3. The minimum Gasteiger partial charge on any atom is -0.351 e. The van der Waals surface area contributed by atoms with Crippen molar-refractivity contribution >= 4 is 28.6 Å². The van der Waals surface area contributed by atoms with Gasteiger partial charge < -0.3 is 20.9 Å². The van der Waals surface area contributed by atoms with Crippen LogP contribution in [0.15, 0.2) is 30.6 Å². The molecule has 8 nitrogen and oxygen atoms in total. The second-order valence-electron chi connectivity index (χ2n) is 7.17. The SMILES string of the molecule is CCn1cnc2c(Nc3cccc(C#N)c3)nc(N[C@H]3CC[C@@H](N)CC3)nc21. The molecule has 1 aliphatic carbocycles. The molecule has 0 aliphatic heterocycles. The van der Waals surface area contributed by atoms with Gasteiger partial charge >= 0.3 is 0 Å². The van der Waals surface area contributed by atoms with Crippen LogP contribution in [0.1, 0.15) is 38.2 Å². The number of nitrogens with one attached hydrogen (secondary N) is 2. The Labute approximate surface area is 163 Å². The van der Waals surface area contributed by atoms with Gasteiger partial charge in [0.05, 0.1) is 18.0 Å². The third kappa shape index (κ3) is 3.75. The van der Waals surface area contributed by atoms with Gasteiger partial charge in [-0.3, -0.25) is 0 Å². The maximum absolute atomic E-state index is 9.14. The van der Waals surface area contributed by atoms with Gasteiger partial charge in [0.15, 0.2) is 17.0 Å². The molecule has 4 rings (SSSR count). The third-order valence-corrected chi connectivity index (χ3v) is 5.16. The molecule has 28 heavy (non-hydrogen) atoms. The van der Waals surface area contributed by atoms with Gasteiger partial charge in [0, 0.05) is 24.3 Å². The summed E-state index contributed by atoms with van der Waals surface area (Å²) in [4.78, 5) is 13.9. The molecule has 2 aromatic heterocycles. The lowest BCUT2D eigenvalue weighted by Crippen LogP contribution is -2.33. The van der Waals surface area contributed by atoms with Gasteiger partial charge in [-0.25, -0.2) is 4.98 Å². The lowest BCUT2D eigenvalue weighted by molar-refractivity contribution is 0.410. The average Bonchev–Trinajstić information content (AvgIpc) is 3.13. The molecule has 1 aliphatic rings. The van der Waals surface area contributed by atoms with Crippen molar-refractivity contribution in [2.24, 2.45) is 5.73 Å². The maximum atomic E-state index is 9.14. The summed E-state index contributed by atoms with van der Waals surface area (Å²) in [5.41, 5.74) is 8.89. The molecule has 1 saturated carbocycles.